The molecule has 0 aliphatic heterocycles. The minimum Gasteiger partial charge on any atom is -0.493 e. The van der Waals surface area contributed by atoms with E-state index < -0.39 is 0 Å². The van der Waals surface area contributed by atoms with Crippen molar-refractivity contribution in [2.75, 3.05) is 13.7 Å². The molecule has 0 unspecified atom stereocenters. The Hall–Kier alpha value is -2.20. The van der Waals surface area contributed by atoms with Gasteiger partial charge in [-0.15, -0.1) is 0 Å². The van der Waals surface area contributed by atoms with Gasteiger partial charge in [0.05, 0.1) is 19.8 Å². The fourth-order valence-electron chi connectivity index (χ4n) is 2.41. The highest BCUT2D eigenvalue weighted by Crippen LogP contribution is 2.28. The van der Waals surface area contributed by atoms with Crippen LogP contribution in [0.5, 0.6) is 17.2 Å². The maximum atomic E-state index is 5.65. The van der Waals surface area contributed by atoms with Gasteiger partial charge in [0.1, 0.15) is 5.75 Å². The van der Waals surface area contributed by atoms with Gasteiger partial charge in [0, 0.05) is 13.1 Å². The van der Waals surface area contributed by atoms with Crippen LogP contribution in [0, 0.1) is 0 Å². The first-order valence-corrected chi connectivity index (χ1v) is 8.38. The number of ether oxygens (including phenoxy) is 3. The molecule has 2 aromatic rings. The third kappa shape index (κ3) is 5.46. The highest BCUT2D eigenvalue weighted by atomic mass is 16.5. The Morgan fingerprint density at radius 2 is 1.58 bits per heavy atom. The average Bonchev–Trinajstić information content (AvgIpc) is 2.57. The first-order chi connectivity index (χ1) is 11.6. The molecule has 0 heterocycles. The van der Waals surface area contributed by atoms with Crippen LogP contribution in [0.25, 0.3) is 0 Å². The van der Waals surface area contributed by atoms with Crippen LogP contribution >= 0.6 is 0 Å². The molecular formula is C20H27NO3. The van der Waals surface area contributed by atoms with E-state index in [0.29, 0.717) is 6.61 Å². The summed E-state index contributed by atoms with van der Waals surface area (Å²) < 4.78 is 16.6. The number of nitrogens with one attached hydrogen (secondary N) is 1. The predicted octanol–water partition coefficient (Wildman–Crippen LogP) is 4.17. The molecule has 130 valence electrons. The van der Waals surface area contributed by atoms with Gasteiger partial charge in [0.25, 0.3) is 0 Å². The van der Waals surface area contributed by atoms with Crippen molar-refractivity contribution >= 4 is 0 Å². The van der Waals surface area contributed by atoms with Gasteiger partial charge in [-0.05, 0) is 56.2 Å². The van der Waals surface area contributed by atoms with Crippen molar-refractivity contribution in [1.82, 2.24) is 5.32 Å². The Balaban J connectivity index is 1.87. The van der Waals surface area contributed by atoms with Gasteiger partial charge >= 0.3 is 0 Å². The normalized spacial score (nSPS) is 10.7. The summed E-state index contributed by atoms with van der Waals surface area (Å²) in [5, 5.41) is 3.44. The Morgan fingerprint density at radius 1 is 0.917 bits per heavy atom. The van der Waals surface area contributed by atoms with Crippen molar-refractivity contribution in [3.63, 3.8) is 0 Å². The fourth-order valence-corrected chi connectivity index (χ4v) is 2.41. The van der Waals surface area contributed by atoms with Gasteiger partial charge in [-0.25, -0.2) is 0 Å². The summed E-state index contributed by atoms with van der Waals surface area (Å²) in [5.41, 5.74) is 2.39. The van der Waals surface area contributed by atoms with Crippen LogP contribution in [-0.2, 0) is 13.1 Å². The lowest BCUT2D eigenvalue weighted by atomic mass is 10.2. The van der Waals surface area contributed by atoms with E-state index in [0.717, 1.165) is 35.9 Å². The molecule has 24 heavy (non-hydrogen) atoms. The third-order valence-electron chi connectivity index (χ3n) is 3.48. The Labute approximate surface area is 144 Å². The van der Waals surface area contributed by atoms with E-state index in [-0.39, 0.29) is 6.10 Å². The minimum atomic E-state index is 0.198. The molecule has 4 nitrogen and oxygen atoms in total. The average molecular weight is 329 g/mol. The summed E-state index contributed by atoms with van der Waals surface area (Å²) in [5.74, 6) is 2.46. The molecule has 4 heteroatoms. The van der Waals surface area contributed by atoms with Crippen molar-refractivity contribution < 1.29 is 14.2 Å². The van der Waals surface area contributed by atoms with Crippen LogP contribution in [0.4, 0.5) is 0 Å². The maximum Gasteiger partial charge on any atom is 0.161 e. The fraction of sp³-hybridized carbons (Fsp3) is 0.400. The molecule has 0 fully saturated rings. The van der Waals surface area contributed by atoms with Crippen molar-refractivity contribution in [2.24, 2.45) is 0 Å². The Kier molecular flexibility index (Phi) is 6.94. The molecule has 0 radical (unpaired) electrons. The molecule has 0 saturated heterocycles. The van der Waals surface area contributed by atoms with Crippen molar-refractivity contribution in [3.8, 4) is 17.2 Å². The summed E-state index contributed by atoms with van der Waals surface area (Å²) in [6.45, 7) is 8.22. The van der Waals surface area contributed by atoms with Crippen LogP contribution < -0.4 is 19.5 Å². The third-order valence-corrected chi connectivity index (χ3v) is 3.48. The van der Waals surface area contributed by atoms with Gasteiger partial charge in [-0.1, -0.05) is 18.2 Å². The second kappa shape index (κ2) is 9.18. The molecule has 0 spiro atoms. The van der Waals surface area contributed by atoms with Gasteiger partial charge in [-0.2, -0.15) is 0 Å². The van der Waals surface area contributed by atoms with Gasteiger partial charge in [-0.3, -0.25) is 0 Å². The van der Waals surface area contributed by atoms with Crippen molar-refractivity contribution in [2.45, 2.75) is 40.0 Å². The second-order valence-corrected chi connectivity index (χ2v) is 5.83. The zero-order chi connectivity index (χ0) is 17.4. The summed E-state index contributed by atoms with van der Waals surface area (Å²) in [4.78, 5) is 0. The molecule has 2 rings (SSSR count). The predicted molar refractivity (Wildman–Crippen MR) is 96.9 cm³/mol. The molecule has 0 bridgehead atoms. The van der Waals surface area contributed by atoms with E-state index in [2.05, 4.69) is 23.5 Å². The first-order valence-electron chi connectivity index (χ1n) is 8.38. The lowest BCUT2D eigenvalue weighted by molar-refractivity contribution is 0.242. The highest BCUT2D eigenvalue weighted by molar-refractivity contribution is 5.43. The van der Waals surface area contributed by atoms with Gasteiger partial charge < -0.3 is 19.5 Å². The van der Waals surface area contributed by atoms with Crippen LogP contribution in [0.3, 0.4) is 0 Å². The molecule has 0 saturated carbocycles. The molecule has 0 atom stereocenters. The molecule has 0 aromatic heterocycles. The van der Waals surface area contributed by atoms with E-state index in [1.165, 1.54) is 5.56 Å². The Morgan fingerprint density at radius 3 is 2.21 bits per heavy atom. The smallest absolute Gasteiger partial charge is 0.161 e. The lowest BCUT2D eigenvalue weighted by Gasteiger charge is -2.12. The summed E-state index contributed by atoms with van der Waals surface area (Å²) in [6, 6.07) is 14.2. The van der Waals surface area contributed by atoms with E-state index in [1.54, 1.807) is 7.11 Å². The van der Waals surface area contributed by atoms with Crippen LogP contribution in [-0.4, -0.2) is 19.8 Å². The molecule has 0 amide bonds. The number of benzene rings is 2. The quantitative estimate of drug-likeness (QED) is 0.749. The number of hydrogen-bond donors (Lipinski definition) is 1. The number of hydrogen-bond acceptors (Lipinski definition) is 4. The van der Waals surface area contributed by atoms with E-state index in [9.17, 15) is 0 Å². The summed E-state index contributed by atoms with van der Waals surface area (Å²) in [6.07, 6.45) is 0.198. The van der Waals surface area contributed by atoms with Crippen molar-refractivity contribution in [1.29, 1.82) is 0 Å². The molecular weight excluding hydrogens is 302 g/mol. The monoisotopic (exact) mass is 329 g/mol. The molecule has 1 N–H and O–H groups in total. The zero-order valence-electron chi connectivity index (χ0n) is 15.0. The van der Waals surface area contributed by atoms with Crippen LogP contribution in [0.15, 0.2) is 42.5 Å². The van der Waals surface area contributed by atoms with Crippen LogP contribution in [0.1, 0.15) is 31.9 Å². The Bertz CT molecular complexity index is 623. The SMILES string of the molecule is CCOc1ccc(CNCc2ccc(OC(C)C)cc2)cc1OC. The zero-order valence-corrected chi connectivity index (χ0v) is 15.0. The standard InChI is InChI=1S/C20H27NO3/c1-5-23-19-11-8-17(12-20(19)22-4)14-21-13-16-6-9-18(10-7-16)24-15(2)3/h6-12,15,21H,5,13-14H2,1-4H3. The van der Waals surface area contributed by atoms with E-state index >= 15 is 0 Å². The van der Waals surface area contributed by atoms with Crippen molar-refractivity contribution in [3.05, 3.63) is 53.6 Å². The summed E-state index contributed by atoms with van der Waals surface area (Å²) >= 11 is 0. The van der Waals surface area contributed by atoms with Crippen LogP contribution in [0.2, 0.25) is 0 Å². The molecule has 0 aliphatic carbocycles. The topological polar surface area (TPSA) is 39.7 Å². The second-order valence-electron chi connectivity index (χ2n) is 5.83. The number of methoxy groups -OCH3 is 1. The maximum absolute atomic E-state index is 5.65. The summed E-state index contributed by atoms with van der Waals surface area (Å²) in [7, 11) is 1.66. The lowest BCUT2D eigenvalue weighted by Crippen LogP contribution is -2.13. The largest absolute Gasteiger partial charge is 0.493 e. The highest BCUT2D eigenvalue weighted by Gasteiger charge is 2.05. The molecule has 2 aromatic carbocycles. The van der Waals surface area contributed by atoms with Gasteiger partial charge in [0.2, 0.25) is 0 Å². The number of rotatable bonds is 9. The van der Waals surface area contributed by atoms with E-state index in [4.69, 9.17) is 14.2 Å². The van der Waals surface area contributed by atoms with Gasteiger partial charge in [0.15, 0.2) is 11.5 Å². The van der Waals surface area contributed by atoms with E-state index in [1.807, 2.05) is 45.0 Å². The molecule has 0 aliphatic rings. The first kappa shape index (κ1) is 18.1. The minimum absolute atomic E-state index is 0.198.